The fourth-order valence-corrected chi connectivity index (χ4v) is 2.16. The van der Waals surface area contributed by atoms with Crippen LogP contribution in [0.25, 0.3) is 0 Å². The standard InChI is InChI=1S/C7H11IO6/c8-14-6-4(11)3(10)5(12)7(13-6)1-2(7)9/h2-6,9-12H,1H2/t2?,3-,4-,5-,6+,7?/m1/s1. The minimum absolute atomic E-state index is 0.244. The average Bonchev–Trinajstić information content (AvgIpc) is 2.81. The lowest BCUT2D eigenvalue weighted by Crippen LogP contribution is -2.60. The van der Waals surface area contributed by atoms with Gasteiger partial charge in [-0.1, -0.05) is 0 Å². The monoisotopic (exact) mass is 318 g/mol. The topological polar surface area (TPSA) is 99.4 Å². The molecule has 82 valence electrons. The van der Waals surface area contributed by atoms with Crippen LogP contribution in [0, 0.1) is 0 Å². The Bertz CT molecular complexity index is 236. The van der Waals surface area contributed by atoms with Crippen LogP contribution in [0.2, 0.25) is 0 Å². The van der Waals surface area contributed by atoms with Gasteiger partial charge in [0.1, 0.15) is 46.9 Å². The summed E-state index contributed by atoms with van der Waals surface area (Å²) in [7, 11) is 0. The van der Waals surface area contributed by atoms with Gasteiger partial charge in [-0.05, 0) is 0 Å². The Hall–Kier alpha value is 0.490. The lowest BCUT2D eigenvalue weighted by Gasteiger charge is -2.39. The van der Waals surface area contributed by atoms with Gasteiger partial charge in [-0.2, -0.15) is 0 Å². The second kappa shape index (κ2) is 3.51. The van der Waals surface area contributed by atoms with Crippen molar-refractivity contribution < 1.29 is 28.2 Å². The van der Waals surface area contributed by atoms with Crippen LogP contribution in [-0.4, -0.2) is 56.7 Å². The molecular weight excluding hydrogens is 307 g/mol. The molecule has 14 heavy (non-hydrogen) atoms. The molecule has 2 rings (SSSR count). The first-order chi connectivity index (χ1) is 6.53. The molecule has 4 N–H and O–H groups in total. The maximum Gasteiger partial charge on any atom is 0.198 e. The van der Waals surface area contributed by atoms with Crippen molar-refractivity contribution in [2.24, 2.45) is 0 Å². The van der Waals surface area contributed by atoms with Gasteiger partial charge >= 0.3 is 0 Å². The van der Waals surface area contributed by atoms with Crippen molar-refractivity contribution in [2.45, 2.75) is 42.7 Å². The SMILES string of the molecule is OC1CC12O[C@@H](OI)[C@H](O)[C@@H](O)[C@H]2O. The van der Waals surface area contributed by atoms with Gasteiger partial charge in [0.05, 0.1) is 6.10 Å². The number of halogens is 1. The Morgan fingerprint density at radius 1 is 1.21 bits per heavy atom. The van der Waals surface area contributed by atoms with Crippen molar-refractivity contribution in [1.82, 2.24) is 0 Å². The molecule has 2 fully saturated rings. The van der Waals surface area contributed by atoms with Crippen LogP contribution >= 0.6 is 23.0 Å². The number of aliphatic hydroxyl groups excluding tert-OH is 4. The molecule has 6 atom stereocenters. The van der Waals surface area contributed by atoms with Gasteiger partial charge in [-0.15, -0.1) is 0 Å². The Balaban J connectivity index is 2.16. The largest absolute Gasteiger partial charge is 0.390 e. The number of aliphatic hydroxyl groups is 4. The van der Waals surface area contributed by atoms with E-state index in [1.54, 1.807) is 0 Å². The van der Waals surface area contributed by atoms with E-state index in [0.717, 1.165) is 0 Å². The van der Waals surface area contributed by atoms with Crippen LogP contribution in [0.5, 0.6) is 0 Å². The summed E-state index contributed by atoms with van der Waals surface area (Å²) in [5.41, 5.74) is -1.16. The van der Waals surface area contributed by atoms with Crippen LogP contribution in [0.15, 0.2) is 0 Å². The summed E-state index contributed by atoms with van der Waals surface area (Å²) < 4.78 is 9.96. The Kier molecular flexibility index (Phi) is 2.75. The number of hydrogen-bond acceptors (Lipinski definition) is 6. The molecule has 0 aromatic carbocycles. The molecule has 0 amide bonds. The first-order valence-corrected chi connectivity index (χ1v) is 5.08. The van der Waals surface area contributed by atoms with E-state index in [-0.39, 0.29) is 6.42 Å². The minimum atomic E-state index is -1.36. The van der Waals surface area contributed by atoms with E-state index in [9.17, 15) is 20.4 Å². The normalized spacial score (nSPS) is 57.6. The van der Waals surface area contributed by atoms with E-state index < -0.39 is 36.3 Å². The predicted octanol–water partition coefficient (Wildman–Crippen LogP) is -1.70. The fourth-order valence-electron chi connectivity index (χ4n) is 1.75. The molecule has 2 aliphatic rings. The summed E-state index contributed by atoms with van der Waals surface area (Å²) in [5, 5.41) is 37.7. The van der Waals surface area contributed by atoms with Gasteiger partial charge in [0, 0.05) is 6.42 Å². The van der Waals surface area contributed by atoms with Crippen molar-refractivity contribution >= 4 is 23.0 Å². The van der Waals surface area contributed by atoms with Crippen molar-refractivity contribution in [3.63, 3.8) is 0 Å². The van der Waals surface area contributed by atoms with Crippen LogP contribution in [0.1, 0.15) is 6.42 Å². The van der Waals surface area contributed by atoms with Gasteiger partial charge in [-0.25, -0.2) is 0 Å². The Morgan fingerprint density at radius 2 is 1.79 bits per heavy atom. The van der Waals surface area contributed by atoms with E-state index in [1.165, 1.54) is 23.0 Å². The summed E-state index contributed by atoms with van der Waals surface area (Å²) in [4.78, 5) is 0. The average molecular weight is 318 g/mol. The summed E-state index contributed by atoms with van der Waals surface area (Å²) >= 11 is 1.53. The highest BCUT2D eigenvalue weighted by atomic mass is 127. The molecule has 1 saturated carbocycles. The third-order valence-electron chi connectivity index (χ3n) is 2.79. The van der Waals surface area contributed by atoms with Crippen LogP contribution in [-0.2, 0) is 7.80 Å². The number of rotatable bonds is 1. The zero-order valence-electron chi connectivity index (χ0n) is 7.08. The van der Waals surface area contributed by atoms with Gasteiger partial charge in [0.25, 0.3) is 0 Å². The molecule has 0 bridgehead atoms. The van der Waals surface area contributed by atoms with E-state index in [0.29, 0.717) is 0 Å². The molecular formula is C7H11IO6. The van der Waals surface area contributed by atoms with E-state index in [1.807, 2.05) is 0 Å². The van der Waals surface area contributed by atoms with Crippen molar-refractivity contribution in [3.8, 4) is 0 Å². The fraction of sp³-hybridized carbons (Fsp3) is 1.00. The molecule has 1 heterocycles. The Morgan fingerprint density at radius 3 is 2.21 bits per heavy atom. The molecule has 1 spiro atoms. The van der Waals surface area contributed by atoms with Gasteiger partial charge in [0.15, 0.2) is 6.29 Å². The highest BCUT2D eigenvalue weighted by molar-refractivity contribution is 14.1. The zero-order chi connectivity index (χ0) is 10.5. The first-order valence-electron chi connectivity index (χ1n) is 4.20. The van der Waals surface area contributed by atoms with E-state index >= 15 is 0 Å². The van der Waals surface area contributed by atoms with Crippen molar-refractivity contribution in [3.05, 3.63) is 0 Å². The zero-order valence-corrected chi connectivity index (χ0v) is 9.23. The van der Waals surface area contributed by atoms with E-state index in [4.69, 9.17) is 7.80 Å². The number of ether oxygens (including phenoxy) is 1. The van der Waals surface area contributed by atoms with Crippen molar-refractivity contribution in [1.29, 1.82) is 0 Å². The maximum atomic E-state index is 9.57. The molecule has 1 aliphatic heterocycles. The molecule has 6 nitrogen and oxygen atoms in total. The highest BCUT2D eigenvalue weighted by Crippen LogP contribution is 2.48. The molecule has 0 radical (unpaired) electrons. The summed E-state index contributed by atoms with van der Waals surface area (Å²) in [5.74, 6) is 0. The number of hydrogen-bond donors (Lipinski definition) is 4. The highest BCUT2D eigenvalue weighted by Gasteiger charge is 2.67. The molecule has 1 aliphatic carbocycles. The second-order valence-electron chi connectivity index (χ2n) is 3.68. The van der Waals surface area contributed by atoms with Gasteiger partial charge in [-0.3, -0.25) is 3.07 Å². The van der Waals surface area contributed by atoms with Gasteiger partial charge < -0.3 is 25.2 Å². The third kappa shape index (κ3) is 1.39. The summed E-state index contributed by atoms with van der Waals surface area (Å²) in [6, 6.07) is 0. The van der Waals surface area contributed by atoms with E-state index in [2.05, 4.69) is 0 Å². The minimum Gasteiger partial charge on any atom is -0.390 e. The smallest absolute Gasteiger partial charge is 0.198 e. The maximum absolute atomic E-state index is 9.57. The lowest BCUT2D eigenvalue weighted by atomic mass is 9.97. The molecule has 0 aromatic heterocycles. The van der Waals surface area contributed by atoms with Crippen LogP contribution in [0.4, 0.5) is 0 Å². The lowest BCUT2D eigenvalue weighted by molar-refractivity contribution is -0.281. The molecule has 1 saturated heterocycles. The molecule has 2 unspecified atom stereocenters. The van der Waals surface area contributed by atoms with Crippen LogP contribution in [0.3, 0.4) is 0 Å². The Labute approximate surface area is 94.1 Å². The molecule has 7 heteroatoms. The van der Waals surface area contributed by atoms with Crippen LogP contribution < -0.4 is 0 Å². The predicted molar refractivity (Wildman–Crippen MR) is 51.4 cm³/mol. The molecule has 0 aromatic rings. The first kappa shape index (κ1) is 11.0. The van der Waals surface area contributed by atoms with Crippen molar-refractivity contribution in [2.75, 3.05) is 0 Å². The summed E-state index contributed by atoms with van der Waals surface area (Å²) in [6.45, 7) is 0. The van der Waals surface area contributed by atoms with Gasteiger partial charge in [0.2, 0.25) is 0 Å². The quantitative estimate of drug-likeness (QED) is 0.430. The third-order valence-corrected chi connectivity index (χ3v) is 3.29. The second-order valence-corrected chi connectivity index (χ2v) is 4.18. The summed E-state index contributed by atoms with van der Waals surface area (Å²) in [6.07, 6.45) is -5.54.